The van der Waals surface area contributed by atoms with Gasteiger partial charge in [-0.1, -0.05) is 18.2 Å². The average molecular weight is 462 g/mol. The number of nitrogens with zero attached hydrogens (tertiary/aromatic N) is 5. The number of hydrogen-bond acceptors (Lipinski definition) is 6. The number of aromatic nitrogens is 3. The van der Waals surface area contributed by atoms with Crippen molar-refractivity contribution in [2.45, 2.75) is 26.4 Å². The zero-order chi connectivity index (χ0) is 24.0. The molecule has 1 aromatic carbocycles. The van der Waals surface area contributed by atoms with Crippen LogP contribution in [0, 0.1) is 24.6 Å². The number of fused-ring (bicyclic) bond motifs is 1. The summed E-state index contributed by atoms with van der Waals surface area (Å²) in [5.41, 5.74) is 1.05. The predicted molar refractivity (Wildman–Crippen MR) is 127 cm³/mol. The number of carbonyl (C=O) groups excluding carboxylic acids is 1. The lowest BCUT2D eigenvalue weighted by molar-refractivity contribution is 0.0730. The van der Waals surface area contributed by atoms with Crippen molar-refractivity contribution in [3.8, 4) is 11.4 Å². The topological polar surface area (TPSA) is 82.5 Å². The molecule has 2 aromatic heterocycles. The Labute approximate surface area is 198 Å². The van der Waals surface area contributed by atoms with Crippen LogP contribution in [-0.4, -0.2) is 57.0 Å². The number of amides is 1. The van der Waals surface area contributed by atoms with Crippen LogP contribution < -0.4 is 4.90 Å². The second kappa shape index (κ2) is 8.43. The lowest BCUT2D eigenvalue weighted by Crippen LogP contribution is -2.34. The van der Waals surface area contributed by atoms with E-state index in [9.17, 15) is 14.3 Å². The monoisotopic (exact) mass is 461 g/mol. The highest BCUT2D eigenvalue weighted by atomic mass is 19.1. The summed E-state index contributed by atoms with van der Waals surface area (Å²) in [7, 11) is 0. The Morgan fingerprint density at radius 1 is 1.03 bits per heavy atom. The Hall–Kier alpha value is -3.39. The number of pyridine rings is 1. The molecule has 0 bridgehead atoms. The second-order valence-corrected chi connectivity index (χ2v) is 9.76. The van der Waals surface area contributed by atoms with E-state index in [-0.39, 0.29) is 23.3 Å². The lowest BCUT2D eigenvalue weighted by atomic mass is 10.0. The summed E-state index contributed by atoms with van der Waals surface area (Å²) in [5, 5.41) is 10.5. The van der Waals surface area contributed by atoms with E-state index in [1.807, 2.05) is 19.1 Å². The molecule has 2 unspecified atom stereocenters. The highest BCUT2D eigenvalue weighted by molar-refractivity contribution is 6.00. The van der Waals surface area contributed by atoms with Crippen LogP contribution in [-0.2, 0) is 5.60 Å². The number of benzene rings is 1. The maximum atomic E-state index is 14.8. The number of anilines is 1. The number of carbonyl (C=O) groups is 1. The van der Waals surface area contributed by atoms with E-state index in [1.54, 1.807) is 49.3 Å². The first-order valence-electron chi connectivity index (χ1n) is 11.5. The zero-order valence-electron chi connectivity index (χ0n) is 19.6. The number of aliphatic hydroxyl groups is 1. The van der Waals surface area contributed by atoms with Crippen molar-refractivity contribution in [2.75, 3.05) is 31.1 Å². The minimum absolute atomic E-state index is 0.0283. The van der Waals surface area contributed by atoms with Crippen LogP contribution in [0.4, 0.5) is 10.2 Å². The van der Waals surface area contributed by atoms with E-state index in [0.29, 0.717) is 30.2 Å². The smallest absolute Gasteiger partial charge is 0.257 e. The van der Waals surface area contributed by atoms with Gasteiger partial charge >= 0.3 is 0 Å². The summed E-state index contributed by atoms with van der Waals surface area (Å²) in [6.45, 7) is 8.09. The normalized spacial score (nSPS) is 20.0. The van der Waals surface area contributed by atoms with Crippen molar-refractivity contribution < 1.29 is 14.3 Å². The van der Waals surface area contributed by atoms with Crippen LogP contribution in [0.15, 0.2) is 48.8 Å². The Balaban J connectivity index is 1.34. The van der Waals surface area contributed by atoms with Gasteiger partial charge in [0.05, 0.1) is 11.3 Å². The molecule has 1 N–H and O–H groups in total. The van der Waals surface area contributed by atoms with E-state index < -0.39 is 11.4 Å². The van der Waals surface area contributed by atoms with E-state index in [2.05, 4.69) is 14.9 Å². The molecular weight excluding hydrogens is 433 g/mol. The number of hydrogen-bond donors (Lipinski definition) is 1. The first kappa shape index (κ1) is 22.4. The Morgan fingerprint density at radius 3 is 2.35 bits per heavy atom. The third kappa shape index (κ3) is 4.03. The summed E-state index contributed by atoms with van der Waals surface area (Å²) in [6.07, 6.45) is 3.16. The van der Waals surface area contributed by atoms with Crippen molar-refractivity contribution in [3.63, 3.8) is 0 Å². The molecule has 8 heteroatoms. The average Bonchev–Trinajstić information content (AvgIpc) is 3.38. The standard InChI is InChI=1S/C26H28FN5O2/c1-16-8-9-21(30-23(16)26(2,3)34)31-12-17-14-32(15-18(17)13-31)25(33)22-19(6-4-7-20(22)27)24-28-10-5-11-29-24/h4-11,17-18,34H,12-15H2,1-3H3. The highest BCUT2D eigenvalue weighted by Crippen LogP contribution is 2.36. The summed E-state index contributed by atoms with van der Waals surface area (Å²) < 4.78 is 14.8. The van der Waals surface area contributed by atoms with Crippen LogP contribution in [0.1, 0.15) is 35.5 Å². The zero-order valence-corrected chi connectivity index (χ0v) is 19.6. The maximum absolute atomic E-state index is 14.8. The van der Waals surface area contributed by atoms with Gasteiger partial charge < -0.3 is 14.9 Å². The summed E-state index contributed by atoms with van der Waals surface area (Å²) in [6, 6.07) is 10.2. The third-order valence-corrected chi connectivity index (χ3v) is 6.79. The summed E-state index contributed by atoms with van der Waals surface area (Å²) in [5.74, 6) is 0.856. The fourth-order valence-corrected chi connectivity index (χ4v) is 5.18. The minimum atomic E-state index is -1.02. The van der Waals surface area contributed by atoms with Crippen LogP contribution in [0.5, 0.6) is 0 Å². The van der Waals surface area contributed by atoms with Crippen molar-refractivity contribution >= 4 is 11.7 Å². The van der Waals surface area contributed by atoms with E-state index in [4.69, 9.17) is 4.98 Å². The lowest BCUT2D eigenvalue weighted by Gasteiger charge is -2.25. The van der Waals surface area contributed by atoms with Gasteiger partial charge in [-0.3, -0.25) is 4.79 Å². The van der Waals surface area contributed by atoms with E-state index in [0.717, 1.165) is 24.5 Å². The Morgan fingerprint density at radius 2 is 1.71 bits per heavy atom. The van der Waals surface area contributed by atoms with Crippen LogP contribution >= 0.6 is 0 Å². The van der Waals surface area contributed by atoms with Crippen LogP contribution in [0.3, 0.4) is 0 Å². The van der Waals surface area contributed by atoms with Crippen molar-refractivity contribution in [1.29, 1.82) is 0 Å². The number of halogens is 1. The van der Waals surface area contributed by atoms with Gasteiger partial charge in [0.1, 0.15) is 17.2 Å². The molecule has 4 heterocycles. The first-order valence-corrected chi connectivity index (χ1v) is 11.5. The molecule has 2 fully saturated rings. The number of rotatable bonds is 4. The molecule has 0 spiro atoms. The van der Waals surface area contributed by atoms with Crippen molar-refractivity contribution in [3.05, 3.63) is 71.4 Å². The minimum Gasteiger partial charge on any atom is -0.384 e. The molecule has 2 aliphatic heterocycles. The molecule has 176 valence electrons. The molecule has 0 saturated carbocycles. The largest absolute Gasteiger partial charge is 0.384 e. The summed E-state index contributed by atoms with van der Waals surface area (Å²) >= 11 is 0. The second-order valence-electron chi connectivity index (χ2n) is 9.76. The fourth-order valence-electron chi connectivity index (χ4n) is 5.18. The molecule has 2 atom stereocenters. The Kier molecular flexibility index (Phi) is 5.56. The molecule has 2 aliphatic rings. The van der Waals surface area contributed by atoms with Gasteiger partial charge in [0, 0.05) is 56.0 Å². The maximum Gasteiger partial charge on any atom is 0.257 e. The molecule has 2 saturated heterocycles. The molecule has 7 nitrogen and oxygen atoms in total. The number of likely N-dealkylation sites (tertiary alicyclic amines) is 1. The molecule has 0 radical (unpaired) electrons. The fraction of sp³-hybridized carbons (Fsp3) is 0.385. The van der Waals surface area contributed by atoms with Gasteiger partial charge in [0.25, 0.3) is 5.91 Å². The highest BCUT2D eigenvalue weighted by Gasteiger charge is 2.43. The van der Waals surface area contributed by atoms with Crippen molar-refractivity contribution in [2.24, 2.45) is 11.8 Å². The van der Waals surface area contributed by atoms with Gasteiger partial charge in [-0.2, -0.15) is 0 Å². The van der Waals surface area contributed by atoms with Gasteiger partial charge in [0.15, 0.2) is 5.82 Å². The van der Waals surface area contributed by atoms with Gasteiger partial charge in [-0.15, -0.1) is 0 Å². The van der Waals surface area contributed by atoms with E-state index in [1.165, 1.54) is 6.07 Å². The van der Waals surface area contributed by atoms with Crippen molar-refractivity contribution in [1.82, 2.24) is 19.9 Å². The molecular formula is C26H28FN5O2. The van der Waals surface area contributed by atoms with Crippen LogP contribution in [0.2, 0.25) is 0 Å². The number of aryl methyl sites for hydroxylation is 1. The van der Waals surface area contributed by atoms with Crippen LogP contribution in [0.25, 0.3) is 11.4 Å². The Bertz CT molecular complexity index is 1210. The van der Waals surface area contributed by atoms with Gasteiger partial charge in [-0.25, -0.2) is 19.3 Å². The summed E-state index contributed by atoms with van der Waals surface area (Å²) in [4.78, 5) is 30.6. The molecule has 5 rings (SSSR count). The predicted octanol–water partition coefficient (Wildman–Crippen LogP) is 3.42. The molecule has 3 aromatic rings. The van der Waals surface area contributed by atoms with Gasteiger partial charge in [-0.05, 0) is 44.5 Å². The SMILES string of the molecule is Cc1ccc(N2CC3CN(C(=O)c4c(F)cccc4-c4ncccn4)CC3C2)nc1C(C)(C)O. The van der Waals surface area contributed by atoms with E-state index >= 15 is 0 Å². The molecule has 0 aliphatic carbocycles. The molecule has 34 heavy (non-hydrogen) atoms. The molecule has 1 amide bonds. The third-order valence-electron chi connectivity index (χ3n) is 6.79. The first-order chi connectivity index (χ1) is 16.2. The quantitative estimate of drug-likeness (QED) is 0.641. The van der Waals surface area contributed by atoms with Gasteiger partial charge in [0.2, 0.25) is 0 Å².